The number of nitrogens with one attached hydrogen (secondary N) is 1. The number of likely N-dealkylation sites (tertiary alicyclic amines) is 1. The van der Waals surface area contributed by atoms with Crippen LogP contribution in [0.3, 0.4) is 0 Å². The predicted molar refractivity (Wildman–Crippen MR) is 86.8 cm³/mol. The van der Waals surface area contributed by atoms with E-state index in [4.69, 9.17) is 0 Å². The molecule has 2 aliphatic rings. The summed E-state index contributed by atoms with van der Waals surface area (Å²) in [6.07, 6.45) is 3.92. The fraction of sp³-hybridized carbons (Fsp3) is 0.588. The molecule has 1 amide bonds. The van der Waals surface area contributed by atoms with E-state index in [-0.39, 0.29) is 5.91 Å². The standard InChI is InChI=1S/C17H25N3O/c1-17(2)16(21)20(13-12-19-10-6-3-7-11-19)15-9-5-4-8-14(15)18-17/h4-5,8-9,18H,3,6-7,10-13H2,1-2H3. The first-order valence-corrected chi connectivity index (χ1v) is 7.99. The van der Waals surface area contributed by atoms with Crippen LogP contribution in [0.5, 0.6) is 0 Å². The summed E-state index contributed by atoms with van der Waals surface area (Å²) in [5.74, 6) is 0.165. The molecule has 0 radical (unpaired) electrons. The Morgan fingerprint density at radius 3 is 2.57 bits per heavy atom. The highest BCUT2D eigenvalue weighted by Crippen LogP contribution is 2.34. The summed E-state index contributed by atoms with van der Waals surface area (Å²) < 4.78 is 0. The number of carbonyl (C=O) groups is 1. The molecule has 0 bridgehead atoms. The number of nitrogens with zero attached hydrogens (tertiary/aromatic N) is 2. The second-order valence-corrected chi connectivity index (χ2v) is 6.63. The molecule has 0 atom stereocenters. The first-order valence-electron chi connectivity index (χ1n) is 7.99. The molecule has 1 N–H and O–H groups in total. The fourth-order valence-electron chi connectivity index (χ4n) is 3.30. The number of para-hydroxylation sites is 2. The molecular formula is C17H25N3O. The van der Waals surface area contributed by atoms with Crippen molar-refractivity contribution in [2.45, 2.75) is 38.6 Å². The first kappa shape index (κ1) is 14.4. The van der Waals surface area contributed by atoms with Gasteiger partial charge in [-0.05, 0) is 51.9 Å². The number of hydrogen-bond acceptors (Lipinski definition) is 3. The van der Waals surface area contributed by atoms with E-state index in [2.05, 4.69) is 16.3 Å². The number of hydrogen-bond donors (Lipinski definition) is 1. The molecule has 0 spiro atoms. The lowest BCUT2D eigenvalue weighted by Gasteiger charge is -2.41. The Morgan fingerprint density at radius 2 is 1.81 bits per heavy atom. The normalized spacial score (nSPS) is 21.8. The van der Waals surface area contributed by atoms with Crippen LogP contribution in [0.2, 0.25) is 0 Å². The monoisotopic (exact) mass is 287 g/mol. The van der Waals surface area contributed by atoms with E-state index in [0.717, 1.165) is 24.5 Å². The van der Waals surface area contributed by atoms with Gasteiger partial charge in [0.25, 0.3) is 5.91 Å². The topological polar surface area (TPSA) is 35.6 Å². The Balaban J connectivity index is 1.77. The van der Waals surface area contributed by atoms with E-state index in [0.29, 0.717) is 0 Å². The third kappa shape index (κ3) is 2.91. The summed E-state index contributed by atoms with van der Waals surface area (Å²) in [6.45, 7) is 8.01. The molecule has 1 aromatic rings. The lowest BCUT2D eigenvalue weighted by atomic mass is 9.98. The summed E-state index contributed by atoms with van der Waals surface area (Å²) in [4.78, 5) is 17.2. The van der Waals surface area contributed by atoms with Gasteiger partial charge in [0.2, 0.25) is 0 Å². The maximum absolute atomic E-state index is 12.7. The molecule has 0 saturated carbocycles. The van der Waals surface area contributed by atoms with Crippen molar-refractivity contribution in [3.63, 3.8) is 0 Å². The Bertz CT molecular complexity index is 521. The van der Waals surface area contributed by atoms with Crippen molar-refractivity contribution in [1.82, 2.24) is 4.90 Å². The molecule has 0 unspecified atom stereocenters. The number of benzene rings is 1. The third-order valence-electron chi connectivity index (χ3n) is 4.51. The number of rotatable bonds is 3. The van der Waals surface area contributed by atoms with Gasteiger partial charge in [-0.2, -0.15) is 0 Å². The van der Waals surface area contributed by atoms with Crippen molar-refractivity contribution < 1.29 is 4.79 Å². The minimum atomic E-state index is -0.531. The molecule has 1 aromatic carbocycles. The van der Waals surface area contributed by atoms with Crippen LogP contribution in [0.15, 0.2) is 24.3 Å². The van der Waals surface area contributed by atoms with Crippen LogP contribution in [-0.2, 0) is 4.79 Å². The van der Waals surface area contributed by atoms with Crippen LogP contribution >= 0.6 is 0 Å². The molecule has 114 valence electrons. The van der Waals surface area contributed by atoms with Gasteiger partial charge in [0.05, 0.1) is 11.4 Å². The molecule has 3 rings (SSSR count). The minimum absolute atomic E-state index is 0.165. The number of amides is 1. The second kappa shape index (κ2) is 5.68. The van der Waals surface area contributed by atoms with Crippen molar-refractivity contribution in [2.75, 3.05) is 36.4 Å². The van der Waals surface area contributed by atoms with Crippen LogP contribution in [0, 0.1) is 0 Å². The molecule has 4 heteroatoms. The molecule has 0 aliphatic carbocycles. The van der Waals surface area contributed by atoms with E-state index in [1.807, 2.05) is 36.9 Å². The quantitative estimate of drug-likeness (QED) is 0.928. The highest BCUT2D eigenvalue weighted by atomic mass is 16.2. The van der Waals surface area contributed by atoms with Crippen LogP contribution in [0.4, 0.5) is 11.4 Å². The van der Waals surface area contributed by atoms with Crippen molar-refractivity contribution in [2.24, 2.45) is 0 Å². The van der Waals surface area contributed by atoms with Gasteiger partial charge in [-0.1, -0.05) is 18.6 Å². The van der Waals surface area contributed by atoms with Crippen LogP contribution in [-0.4, -0.2) is 42.5 Å². The lowest BCUT2D eigenvalue weighted by molar-refractivity contribution is -0.122. The minimum Gasteiger partial charge on any atom is -0.370 e. The number of carbonyl (C=O) groups excluding carboxylic acids is 1. The molecular weight excluding hydrogens is 262 g/mol. The van der Waals surface area contributed by atoms with E-state index in [1.165, 1.54) is 32.4 Å². The summed E-state index contributed by atoms with van der Waals surface area (Å²) in [7, 11) is 0. The molecule has 2 heterocycles. The van der Waals surface area contributed by atoms with Gasteiger partial charge in [-0.15, -0.1) is 0 Å². The Kier molecular flexibility index (Phi) is 3.89. The van der Waals surface area contributed by atoms with Gasteiger partial charge < -0.3 is 15.1 Å². The highest BCUT2D eigenvalue weighted by molar-refractivity contribution is 6.07. The van der Waals surface area contributed by atoms with E-state index >= 15 is 0 Å². The third-order valence-corrected chi connectivity index (χ3v) is 4.51. The number of anilines is 2. The average Bonchev–Trinajstić information content (AvgIpc) is 2.48. The molecule has 0 aromatic heterocycles. The van der Waals surface area contributed by atoms with Gasteiger partial charge in [0, 0.05) is 13.1 Å². The summed E-state index contributed by atoms with van der Waals surface area (Å²) in [5.41, 5.74) is 1.54. The van der Waals surface area contributed by atoms with Crippen molar-refractivity contribution in [1.29, 1.82) is 0 Å². The van der Waals surface area contributed by atoms with Crippen LogP contribution in [0.25, 0.3) is 0 Å². The first-order chi connectivity index (χ1) is 10.1. The number of fused-ring (bicyclic) bond motifs is 1. The van der Waals surface area contributed by atoms with Gasteiger partial charge in [-0.25, -0.2) is 0 Å². The van der Waals surface area contributed by atoms with E-state index in [1.54, 1.807) is 0 Å². The Labute approximate surface area is 127 Å². The SMILES string of the molecule is CC1(C)Nc2ccccc2N(CCN2CCCCC2)C1=O. The fourth-order valence-corrected chi connectivity index (χ4v) is 3.30. The molecule has 2 aliphatic heterocycles. The van der Waals surface area contributed by atoms with Crippen LogP contribution in [0.1, 0.15) is 33.1 Å². The molecule has 4 nitrogen and oxygen atoms in total. The zero-order valence-electron chi connectivity index (χ0n) is 13.1. The van der Waals surface area contributed by atoms with Gasteiger partial charge in [0.15, 0.2) is 0 Å². The van der Waals surface area contributed by atoms with Crippen LogP contribution < -0.4 is 10.2 Å². The predicted octanol–water partition coefficient (Wildman–Crippen LogP) is 2.71. The van der Waals surface area contributed by atoms with Gasteiger partial charge >= 0.3 is 0 Å². The smallest absolute Gasteiger partial charge is 0.252 e. The zero-order valence-corrected chi connectivity index (χ0v) is 13.1. The highest BCUT2D eigenvalue weighted by Gasteiger charge is 2.38. The summed E-state index contributed by atoms with van der Waals surface area (Å²) >= 11 is 0. The average molecular weight is 287 g/mol. The van der Waals surface area contributed by atoms with E-state index < -0.39 is 5.54 Å². The maximum Gasteiger partial charge on any atom is 0.252 e. The zero-order chi connectivity index (χ0) is 14.9. The van der Waals surface area contributed by atoms with E-state index in [9.17, 15) is 4.79 Å². The van der Waals surface area contributed by atoms with Crippen molar-refractivity contribution >= 4 is 17.3 Å². The Morgan fingerprint density at radius 1 is 1.10 bits per heavy atom. The Hall–Kier alpha value is -1.55. The maximum atomic E-state index is 12.7. The van der Waals surface area contributed by atoms with Crippen molar-refractivity contribution in [3.05, 3.63) is 24.3 Å². The second-order valence-electron chi connectivity index (χ2n) is 6.63. The summed E-state index contributed by atoms with van der Waals surface area (Å²) in [6, 6.07) is 8.10. The molecule has 1 fully saturated rings. The number of piperidine rings is 1. The van der Waals surface area contributed by atoms with Crippen molar-refractivity contribution in [3.8, 4) is 0 Å². The van der Waals surface area contributed by atoms with Gasteiger partial charge in [-0.3, -0.25) is 4.79 Å². The largest absolute Gasteiger partial charge is 0.370 e. The molecule has 1 saturated heterocycles. The molecule has 21 heavy (non-hydrogen) atoms. The lowest BCUT2D eigenvalue weighted by Crippen LogP contribution is -2.55. The van der Waals surface area contributed by atoms with Gasteiger partial charge in [0.1, 0.15) is 5.54 Å². The summed E-state index contributed by atoms with van der Waals surface area (Å²) in [5, 5.41) is 3.35.